The monoisotopic (exact) mass is 424 g/mol. The number of fused-ring (bicyclic) bond motifs is 1. The Labute approximate surface area is 179 Å². The first-order chi connectivity index (χ1) is 15.1. The average molecular weight is 424 g/mol. The van der Waals surface area contributed by atoms with Crippen molar-refractivity contribution < 1.29 is 27.8 Å². The van der Waals surface area contributed by atoms with Crippen LogP contribution in [-0.2, 0) is 9.53 Å². The van der Waals surface area contributed by atoms with Crippen molar-refractivity contribution in [1.29, 1.82) is 0 Å². The summed E-state index contributed by atoms with van der Waals surface area (Å²) in [5.41, 5.74) is 1.83. The normalized spacial score (nSPS) is 15.0. The summed E-state index contributed by atoms with van der Waals surface area (Å²) in [7, 11) is 0. The highest BCUT2D eigenvalue weighted by atomic mass is 19.1. The molecule has 0 aliphatic carbocycles. The summed E-state index contributed by atoms with van der Waals surface area (Å²) in [6.45, 7) is 0.308. The molecule has 0 bridgehead atoms. The van der Waals surface area contributed by atoms with Gasteiger partial charge in [0.05, 0.1) is 6.61 Å². The highest BCUT2D eigenvalue weighted by Crippen LogP contribution is 2.32. The van der Waals surface area contributed by atoms with Gasteiger partial charge in [0.25, 0.3) is 0 Å². The summed E-state index contributed by atoms with van der Waals surface area (Å²) in [5, 5.41) is 0. The molecular weight excluding hydrogens is 402 g/mol. The lowest BCUT2D eigenvalue weighted by molar-refractivity contribution is -0.154. The number of ether oxygens (including phenoxy) is 3. The minimum Gasteiger partial charge on any atom is -0.485 e. The smallest absolute Gasteiger partial charge is 0.350 e. The van der Waals surface area contributed by atoms with Gasteiger partial charge in [0.1, 0.15) is 18.2 Å². The zero-order chi connectivity index (χ0) is 21.6. The van der Waals surface area contributed by atoms with Gasteiger partial charge in [-0.1, -0.05) is 36.4 Å². The second-order valence-corrected chi connectivity index (χ2v) is 7.33. The zero-order valence-electron chi connectivity index (χ0n) is 16.8. The van der Waals surface area contributed by atoms with E-state index in [0.717, 1.165) is 11.1 Å². The minimum atomic E-state index is -0.806. The van der Waals surface area contributed by atoms with Crippen molar-refractivity contribution in [2.45, 2.75) is 24.9 Å². The van der Waals surface area contributed by atoms with Crippen LogP contribution in [0.5, 0.6) is 11.5 Å². The van der Waals surface area contributed by atoms with Crippen LogP contribution in [-0.4, -0.2) is 25.3 Å². The van der Waals surface area contributed by atoms with Gasteiger partial charge < -0.3 is 14.2 Å². The van der Waals surface area contributed by atoms with Gasteiger partial charge in [0.15, 0.2) is 11.5 Å². The van der Waals surface area contributed by atoms with E-state index < -0.39 is 12.1 Å². The lowest BCUT2D eigenvalue weighted by Gasteiger charge is -2.25. The molecule has 6 heteroatoms. The summed E-state index contributed by atoms with van der Waals surface area (Å²) in [6, 6.07) is 19.7. The van der Waals surface area contributed by atoms with E-state index in [1.54, 1.807) is 42.5 Å². The molecule has 0 N–H and O–H groups in total. The maximum absolute atomic E-state index is 13.3. The van der Waals surface area contributed by atoms with Gasteiger partial charge in [0.2, 0.25) is 6.10 Å². The number of hydrogen-bond donors (Lipinski definition) is 0. The van der Waals surface area contributed by atoms with Crippen molar-refractivity contribution in [3.05, 3.63) is 95.6 Å². The second kappa shape index (κ2) is 9.60. The Kier molecular flexibility index (Phi) is 6.46. The topological polar surface area (TPSA) is 44.8 Å². The molecule has 0 unspecified atom stereocenters. The molecule has 0 radical (unpaired) electrons. The molecule has 3 aromatic carbocycles. The average Bonchev–Trinajstić information content (AvgIpc) is 2.80. The van der Waals surface area contributed by atoms with Crippen molar-refractivity contribution in [2.75, 3.05) is 13.2 Å². The van der Waals surface area contributed by atoms with E-state index in [-0.39, 0.29) is 30.8 Å². The molecule has 4 nitrogen and oxygen atoms in total. The molecule has 0 saturated heterocycles. The highest BCUT2D eigenvalue weighted by molar-refractivity contribution is 5.76. The van der Waals surface area contributed by atoms with Crippen LogP contribution >= 0.6 is 0 Å². The number of halogens is 2. The molecule has 0 fully saturated rings. The van der Waals surface area contributed by atoms with E-state index in [2.05, 4.69) is 0 Å². The van der Waals surface area contributed by atoms with Crippen LogP contribution in [0.1, 0.15) is 29.9 Å². The number of carbonyl (C=O) groups excluding carboxylic acids is 1. The lowest BCUT2D eigenvalue weighted by Crippen LogP contribution is -2.38. The number of rotatable bonds is 7. The van der Waals surface area contributed by atoms with Crippen LogP contribution in [0, 0.1) is 11.6 Å². The van der Waals surface area contributed by atoms with Gasteiger partial charge in [-0.15, -0.1) is 0 Å². The van der Waals surface area contributed by atoms with Crippen LogP contribution in [0.3, 0.4) is 0 Å². The van der Waals surface area contributed by atoms with Crippen molar-refractivity contribution >= 4 is 5.97 Å². The summed E-state index contributed by atoms with van der Waals surface area (Å²) >= 11 is 0. The van der Waals surface area contributed by atoms with E-state index in [0.29, 0.717) is 24.3 Å². The molecule has 0 saturated carbocycles. The third-order valence-electron chi connectivity index (χ3n) is 5.20. The van der Waals surface area contributed by atoms with Crippen LogP contribution in [0.4, 0.5) is 8.78 Å². The Morgan fingerprint density at radius 1 is 0.903 bits per heavy atom. The van der Waals surface area contributed by atoms with Gasteiger partial charge in [0, 0.05) is 5.92 Å². The van der Waals surface area contributed by atoms with Crippen LogP contribution in [0.15, 0.2) is 72.8 Å². The maximum atomic E-state index is 13.3. The van der Waals surface area contributed by atoms with E-state index in [1.165, 1.54) is 24.3 Å². The first-order valence-corrected chi connectivity index (χ1v) is 10.2. The molecule has 4 rings (SSSR count). The first-order valence-electron chi connectivity index (χ1n) is 10.2. The molecule has 1 atom stereocenters. The number of esters is 1. The lowest BCUT2D eigenvalue weighted by atomic mass is 9.87. The van der Waals surface area contributed by atoms with E-state index in [9.17, 15) is 13.6 Å². The van der Waals surface area contributed by atoms with Gasteiger partial charge in [-0.2, -0.15) is 0 Å². The van der Waals surface area contributed by atoms with Crippen molar-refractivity contribution in [2.24, 2.45) is 0 Å². The predicted molar refractivity (Wildman–Crippen MR) is 111 cm³/mol. The molecule has 0 spiro atoms. The van der Waals surface area contributed by atoms with Gasteiger partial charge >= 0.3 is 5.97 Å². The molecule has 1 aliphatic rings. The quantitative estimate of drug-likeness (QED) is 0.383. The van der Waals surface area contributed by atoms with E-state index in [1.807, 2.05) is 6.07 Å². The third-order valence-corrected chi connectivity index (χ3v) is 5.20. The molecule has 160 valence electrons. The largest absolute Gasteiger partial charge is 0.485 e. The van der Waals surface area contributed by atoms with Crippen molar-refractivity contribution in [1.82, 2.24) is 0 Å². The Hall–Kier alpha value is -3.41. The Balaban J connectivity index is 1.34. The fraction of sp³-hybridized carbons (Fsp3) is 0.240. The third kappa shape index (κ3) is 5.20. The molecule has 0 aromatic heterocycles. The molecule has 1 aliphatic heterocycles. The van der Waals surface area contributed by atoms with E-state index in [4.69, 9.17) is 14.2 Å². The predicted octanol–water partition coefficient (Wildman–Crippen LogP) is 5.26. The van der Waals surface area contributed by atoms with Crippen LogP contribution in [0.2, 0.25) is 0 Å². The second-order valence-electron chi connectivity index (χ2n) is 7.33. The Bertz CT molecular complexity index is 973. The molecule has 3 aromatic rings. The minimum absolute atomic E-state index is 0.0685. The number of hydrogen-bond acceptors (Lipinski definition) is 4. The molecular formula is C25H22F2O4. The van der Waals surface area contributed by atoms with Gasteiger partial charge in [-0.25, -0.2) is 13.6 Å². The van der Waals surface area contributed by atoms with Gasteiger partial charge in [-0.3, -0.25) is 0 Å². The SMILES string of the molecule is O=C(OCCCC(c1ccc(F)cc1)c1ccc(F)cc1)[C@H]1COc2ccccc2O1. The Morgan fingerprint density at radius 2 is 1.48 bits per heavy atom. The number of carbonyl (C=O) groups is 1. The van der Waals surface area contributed by atoms with Crippen LogP contribution < -0.4 is 9.47 Å². The molecule has 31 heavy (non-hydrogen) atoms. The molecule has 0 amide bonds. The Morgan fingerprint density at radius 3 is 2.10 bits per heavy atom. The summed E-state index contributed by atoms with van der Waals surface area (Å²) < 4.78 is 43.3. The number of benzene rings is 3. The maximum Gasteiger partial charge on any atom is 0.350 e. The van der Waals surface area contributed by atoms with Crippen LogP contribution in [0.25, 0.3) is 0 Å². The fourth-order valence-corrected chi connectivity index (χ4v) is 3.60. The summed E-state index contributed by atoms with van der Waals surface area (Å²) in [5.74, 6) is -0.0503. The van der Waals surface area contributed by atoms with Crippen molar-refractivity contribution in [3.8, 4) is 11.5 Å². The van der Waals surface area contributed by atoms with E-state index >= 15 is 0 Å². The summed E-state index contributed by atoms with van der Waals surface area (Å²) in [4.78, 5) is 12.4. The number of para-hydroxylation sites is 2. The van der Waals surface area contributed by atoms with Crippen molar-refractivity contribution in [3.63, 3.8) is 0 Å². The standard InChI is InChI=1S/C25H22F2O4/c26-19-11-7-17(8-12-19)21(18-9-13-20(27)14-10-18)4-3-15-29-25(28)24-16-30-22-5-1-2-6-23(22)31-24/h1-2,5-14,21,24H,3-4,15-16H2/t24-/m1/s1. The highest BCUT2D eigenvalue weighted by Gasteiger charge is 2.28. The molecule has 1 heterocycles. The first kappa shape index (κ1) is 20.8. The summed E-state index contributed by atoms with van der Waals surface area (Å²) in [6.07, 6.45) is 0.421. The zero-order valence-corrected chi connectivity index (χ0v) is 16.8. The van der Waals surface area contributed by atoms with Gasteiger partial charge in [-0.05, 0) is 60.4 Å². The fourth-order valence-electron chi connectivity index (χ4n) is 3.60.